The van der Waals surface area contributed by atoms with Crippen LogP contribution in [0.15, 0.2) is 47.4 Å². The number of carbonyl (C=O) groups is 1. The normalized spacial score (nSPS) is 11.8. The number of nitrogens with one attached hydrogen (secondary N) is 2. The van der Waals surface area contributed by atoms with Gasteiger partial charge in [-0.05, 0) is 40.7 Å². The summed E-state index contributed by atoms with van der Waals surface area (Å²) in [7, 11) is 0. The zero-order chi connectivity index (χ0) is 20.6. The van der Waals surface area contributed by atoms with E-state index in [2.05, 4.69) is 10.3 Å². The second kappa shape index (κ2) is 7.15. The van der Waals surface area contributed by atoms with E-state index >= 15 is 0 Å². The van der Waals surface area contributed by atoms with Crippen LogP contribution in [0.5, 0.6) is 5.75 Å². The molecule has 1 aromatic heterocycles. The van der Waals surface area contributed by atoms with E-state index in [4.69, 9.17) is 0 Å². The maximum Gasteiger partial charge on any atom is 0.261 e. The number of carbonyl (C=O) groups excluding carboxylic acids is 1. The van der Waals surface area contributed by atoms with E-state index in [0.717, 1.165) is 11.1 Å². The summed E-state index contributed by atoms with van der Waals surface area (Å²) < 4.78 is 0. The number of H-pyrrole nitrogens is 1. The van der Waals surface area contributed by atoms with Crippen LogP contribution in [0.4, 0.5) is 5.69 Å². The van der Waals surface area contributed by atoms with Crippen LogP contribution in [0, 0.1) is 0 Å². The zero-order valence-electron chi connectivity index (χ0n) is 16.9. The number of amides is 1. The van der Waals surface area contributed by atoms with Crippen molar-refractivity contribution in [3.63, 3.8) is 0 Å². The molecule has 2 aromatic carbocycles. The number of aromatic amines is 1. The molecule has 5 nitrogen and oxygen atoms in total. The van der Waals surface area contributed by atoms with Gasteiger partial charge in [0, 0.05) is 28.9 Å². The number of anilines is 1. The number of rotatable bonds is 3. The predicted octanol–water partition coefficient (Wildman–Crippen LogP) is 4.91. The first-order chi connectivity index (χ1) is 13.1. The maximum atomic E-state index is 12.8. The summed E-state index contributed by atoms with van der Waals surface area (Å²) in [4.78, 5) is 28.5. The fourth-order valence-corrected chi connectivity index (χ4v) is 3.32. The molecule has 0 aliphatic heterocycles. The molecule has 0 saturated heterocycles. The molecule has 0 saturated carbocycles. The SMILES string of the molecule is CC(C)c1cc(C(C)(C)C)c(O)cc1NC(=O)c1c[nH]c2ccccc2c1=O. The predicted molar refractivity (Wildman–Crippen MR) is 113 cm³/mol. The summed E-state index contributed by atoms with van der Waals surface area (Å²) >= 11 is 0. The summed E-state index contributed by atoms with van der Waals surface area (Å²) in [5.41, 5.74) is 2.40. The number of aromatic hydroxyl groups is 1. The monoisotopic (exact) mass is 378 g/mol. The quantitative estimate of drug-likeness (QED) is 0.606. The number of para-hydroxylation sites is 1. The van der Waals surface area contributed by atoms with E-state index in [1.807, 2.05) is 46.8 Å². The van der Waals surface area contributed by atoms with Gasteiger partial charge in [-0.3, -0.25) is 9.59 Å². The highest BCUT2D eigenvalue weighted by atomic mass is 16.3. The lowest BCUT2D eigenvalue weighted by Crippen LogP contribution is -2.23. The van der Waals surface area contributed by atoms with Gasteiger partial charge in [-0.25, -0.2) is 0 Å². The Balaban J connectivity index is 2.04. The van der Waals surface area contributed by atoms with Gasteiger partial charge in [-0.2, -0.15) is 0 Å². The molecule has 3 aromatic rings. The van der Waals surface area contributed by atoms with E-state index in [1.54, 1.807) is 24.3 Å². The molecule has 0 radical (unpaired) electrons. The van der Waals surface area contributed by atoms with Crippen molar-refractivity contribution < 1.29 is 9.90 Å². The molecule has 1 amide bonds. The largest absolute Gasteiger partial charge is 0.508 e. The summed E-state index contributed by atoms with van der Waals surface area (Å²) in [6.07, 6.45) is 1.43. The molecule has 3 N–H and O–H groups in total. The van der Waals surface area contributed by atoms with Crippen molar-refractivity contribution in [3.05, 3.63) is 69.5 Å². The fourth-order valence-electron chi connectivity index (χ4n) is 3.32. The van der Waals surface area contributed by atoms with Gasteiger partial charge >= 0.3 is 0 Å². The van der Waals surface area contributed by atoms with E-state index in [9.17, 15) is 14.7 Å². The van der Waals surface area contributed by atoms with E-state index in [0.29, 0.717) is 16.6 Å². The van der Waals surface area contributed by atoms with E-state index in [1.165, 1.54) is 6.20 Å². The van der Waals surface area contributed by atoms with Crippen LogP contribution < -0.4 is 10.7 Å². The topological polar surface area (TPSA) is 82.2 Å². The van der Waals surface area contributed by atoms with Gasteiger partial charge < -0.3 is 15.4 Å². The minimum atomic E-state index is -0.503. The molecule has 0 aliphatic rings. The number of fused-ring (bicyclic) bond motifs is 1. The van der Waals surface area contributed by atoms with Gasteiger partial charge in [-0.15, -0.1) is 0 Å². The summed E-state index contributed by atoms with van der Waals surface area (Å²) in [6.45, 7) is 10.1. The molecule has 0 fully saturated rings. The number of benzene rings is 2. The minimum absolute atomic E-state index is 0.0350. The Morgan fingerprint density at radius 2 is 1.82 bits per heavy atom. The molecule has 0 unspecified atom stereocenters. The van der Waals surface area contributed by atoms with Crippen molar-refractivity contribution in [2.45, 2.75) is 46.0 Å². The zero-order valence-corrected chi connectivity index (χ0v) is 16.9. The Morgan fingerprint density at radius 1 is 1.14 bits per heavy atom. The van der Waals surface area contributed by atoms with Crippen LogP contribution in [0.25, 0.3) is 10.9 Å². The Kier molecular flexibility index (Phi) is 5.02. The molecule has 0 aliphatic carbocycles. The number of aromatic nitrogens is 1. The number of phenols is 1. The van der Waals surface area contributed by atoms with Crippen LogP contribution in [-0.4, -0.2) is 16.0 Å². The van der Waals surface area contributed by atoms with E-state index in [-0.39, 0.29) is 28.1 Å². The smallest absolute Gasteiger partial charge is 0.261 e. The molecule has 1 heterocycles. The molecule has 0 bridgehead atoms. The van der Waals surface area contributed by atoms with Gasteiger partial charge in [-0.1, -0.05) is 46.8 Å². The van der Waals surface area contributed by atoms with Gasteiger partial charge in [0.25, 0.3) is 5.91 Å². The minimum Gasteiger partial charge on any atom is -0.508 e. The Hall–Kier alpha value is -3.08. The molecule has 0 atom stereocenters. The van der Waals surface area contributed by atoms with Crippen LogP contribution in [-0.2, 0) is 5.41 Å². The number of pyridine rings is 1. The molecule has 0 spiro atoms. The standard InChI is InChI=1S/C23H26N2O3/c1-13(2)15-10-17(23(3,4)5)20(26)11-19(15)25-22(28)16-12-24-18-9-7-6-8-14(18)21(16)27/h6-13,26H,1-5H3,(H,24,27)(H,25,28). The fraction of sp³-hybridized carbons (Fsp3) is 0.304. The molecule has 5 heteroatoms. The first-order valence-electron chi connectivity index (χ1n) is 9.38. The average Bonchev–Trinajstić information content (AvgIpc) is 2.60. The van der Waals surface area contributed by atoms with Gasteiger partial charge in [0.1, 0.15) is 11.3 Å². The number of hydrogen-bond acceptors (Lipinski definition) is 3. The highest BCUT2D eigenvalue weighted by Gasteiger charge is 2.23. The summed E-state index contributed by atoms with van der Waals surface area (Å²) in [6, 6.07) is 10.6. The summed E-state index contributed by atoms with van der Waals surface area (Å²) in [5, 5.41) is 13.8. The second-order valence-electron chi connectivity index (χ2n) is 8.39. The summed E-state index contributed by atoms with van der Waals surface area (Å²) in [5.74, 6) is -0.247. The molecule has 28 heavy (non-hydrogen) atoms. The molecular formula is C23H26N2O3. The number of hydrogen-bond donors (Lipinski definition) is 3. The first kappa shape index (κ1) is 19.7. The van der Waals surface area contributed by atoms with Gasteiger partial charge in [0.15, 0.2) is 0 Å². The second-order valence-corrected chi connectivity index (χ2v) is 8.39. The molecule has 146 valence electrons. The van der Waals surface area contributed by atoms with Crippen molar-refractivity contribution in [3.8, 4) is 5.75 Å². The van der Waals surface area contributed by atoms with Crippen LogP contribution in [0.2, 0.25) is 0 Å². The lowest BCUT2D eigenvalue weighted by atomic mass is 9.83. The van der Waals surface area contributed by atoms with Crippen molar-refractivity contribution in [2.75, 3.05) is 5.32 Å². The van der Waals surface area contributed by atoms with Crippen molar-refractivity contribution in [2.24, 2.45) is 0 Å². The first-order valence-corrected chi connectivity index (χ1v) is 9.38. The Labute approximate surface area is 164 Å². The van der Waals surface area contributed by atoms with Crippen LogP contribution in [0.3, 0.4) is 0 Å². The third-order valence-electron chi connectivity index (χ3n) is 4.88. The van der Waals surface area contributed by atoms with Crippen molar-refractivity contribution in [1.82, 2.24) is 4.98 Å². The highest BCUT2D eigenvalue weighted by Crippen LogP contribution is 2.37. The Morgan fingerprint density at radius 3 is 2.46 bits per heavy atom. The van der Waals surface area contributed by atoms with E-state index < -0.39 is 5.91 Å². The average molecular weight is 378 g/mol. The van der Waals surface area contributed by atoms with Crippen molar-refractivity contribution >= 4 is 22.5 Å². The lowest BCUT2D eigenvalue weighted by Gasteiger charge is -2.24. The molecular weight excluding hydrogens is 352 g/mol. The third kappa shape index (κ3) is 3.65. The highest BCUT2D eigenvalue weighted by molar-refractivity contribution is 6.06. The molecule has 3 rings (SSSR count). The van der Waals surface area contributed by atoms with Crippen LogP contribution in [0.1, 0.15) is 62.0 Å². The number of phenolic OH excluding ortho intramolecular Hbond substituents is 1. The van der Waals surface area contributed by atoms with Gasteiger partial charge in [0.2, 0.25) is 5.43 Å². The Bertz CT molecular complexity index is 1110. The van der Waals surface area contributed by atoms with Crippen LogP contribution >= 0.6 is 0 Å². The third-order valence-corrected chi connectivity index (χ3v) is 4.88. The lowest BCUT2D eigenvalue weighted by molar-refractivity contribution is 0.102. The van der Waals surface area contributed by atoms with Gasteiger partial charge in [0.05, 0.1) is 0 Å². The maximum absolute atomic E-state index is 12.8. The van der Waals surface area contributed by atoms with Crippen molar-refractivity contribution in [1.29, 1.82) is 0 Å².